The predicted molar refractivity (Wildman–Crippen MR) is 46.6 cm³/mol. The number of hydrogen-bond donors (Lipinski definition) is 1. The van der Waals surface area contributed by atoms with Crippen LogP contribution in [0.3, 0.4) is 0 Å². The molecule has 0 aromatic carbocycles. The summed E-state index contributed by atoms with van der Waals surface area (Å²) in [4.78, 5) is 0. The SMILES string of the molecule is OC(CC1OCCO1)CC1OCCO1. The molecule has 5 nitrogen and oxygen atoms in total. The Morgan fingerprint density at radius 1 is 0.857 bits per heavy atom. The van der Waals surface area contributed by atoms with Crippen LogP contribution in [0.5, 0.6) is 0 Å². The molecular formula is C9H16O5. The van der Waals surface area contributed by atoms with E-state index in [1.165, 1.54) is 0 Å². The molecule has 0 radical (unpaired) electrons. The number of aliphatic hydroxyl groups excluding tert-OH is 1. The lowest BCUT2D eigenvalue weighted by Crippen LogP contribution is -2.23. The molecule has 0 saturated carbocycles. The average Bonchev–Trinajstić information content (AvgIpc) is 2.76. The van der Waals surface area contributed by atoms with E-state index < -0.39 is 6.10 Å². The largest absolute Gasteiger partial charge is 0.393 e. The van der Waals surface area contributed by atoms with Gasteiger partial charge in [-0.25, -0.2) is 0 Å². The van der Waals surface area contributed by atoms with Crippen molar-refractivity contribution in [3.63, 3.8) is 0 Å². The smallest absolute Gasteiger partial charge is 0.160 e. The zero-order valence-electron chi connectivity index (χ0n) is 8.05. The normalized spacial score (nSPS) is 25.3. The summed E-state index contributed by atoms with van der Waals surface area (Å²) in [6.07, 6.45) is -0.0223. The van der Waals surface area contributed by atoms with E-state index in [2.05, 4.69) is 0 Å². The Labute approximate surface area is 82.9 Å². The molecule has 0 spiro atoms. The quantitative estimate of drug-likeness (QED) is 0.691. The maximum absolute atomic E-state index is 9.65. The van der Waals surface area contributed by atoms with Crippen LogP contribution in [0.25, 0.3) is 0 Å². The van der Waals surface area contributed by atoms with Gasteiger partial charge in [-0.15, -0.1) is 0 Å². The molecule has 2 rings (SSSR count). The lowest BCUT2D eigenvalue weighted by Gasteiger charge is -2.17. The molecule has 0 aromatic rings. The topological polar surface area (TPSA) is 57.2 Å². The maximum Gasteiger partial charge on any atom is 0.160 e. The Kier molecular flexibility index (Phi) is 3.72. The van der Waals surface area contributed by atoms with Crippen molar-refractivity contribution in [3.8, 4) is 0 Å². The van der Waals surface area contributed by atoms with Crippen LogP contribution in [-0.4, -0.2) is 50.2 Å². The van der Waals surface area contributed by atoms with E-state index in [-0.39, 0.29) is 12.6 Å². The summed E-state index contributed by atoms with van der Waals surface area (Å²) in [5.41, 5.74) is 0. The Morgan fingerprint density at radius 3 is 1.57 bits per heavy atom. The van der Waals surface area contributed by atoms with Gasteiger partial charge in [0, 0.05) is 12.8 Å². The lowest BCUT2D eigenvalue weighted by molar-refractivity contribution is -0.102. The van der Waals surface area contributed by atoms with Crippen molar-refractivity contribution < 1.29 is 24.1 Å². The highest BCUT2D eigenvalue weighted by Crippen LogP contribution is 2.16. The van der Waals surface area contributed by atoms with Crippen LogP contribution in [0.2, 0.25) is 0 Å². The van der Waals surface area contributed by atoms with Gasteiger partial charge in [-0.1, -0.05) is 0 Å². The molecule has 0 unspecified atom stereocenters. The lowest BCUT2D eigenvalue weighted by atomic mass is 10.2. The van der Waals surface area contributed by atoms with E-state index in [1.54, 1.807) is 0 Å². The van der Waals surface area contributed by atoms with E-state index in [0.29, 0.717) is 39.3 Å². The van der Waals surface area contributed by atoms with Gasteiger partial charge in [-0.3, -0.25) is 0 Å². The second-order valence-corrected chi connectivity index (χ2v) is 3.47. The van der Waals surface area contributed by atoms with E-state index in [9.17, 15) is 5.11 Å². The van der Waals surface area contributed by atoms with Crippen molar-refractivity contribution in [2.75, 3.05) is 26.4 Å². The third-order valence-electron chi connectivity index (χ3n) is 2.31. The maximum atomic E-state index is 9.65. The predicted octanol–water partition coefficient (Wildman–Crippen LogP) is -0.127. The molecule has 5 heteroatoms. The Hall–Kier alpha value is -0.200. The first kappa shape index (κ1) is 10.3. The second-order valence-electron chi connectivity index (χ2n) is 3.47. The van der Waals surface area contributed by atoms with Crippen molar-refractivity contribution in [3.05, 3.63) is 0 Å². The summed E-state index contributed by atoms with van der Waals surface area (Å²) in [5, 5.41) is 9.65. The molecule has 0 amide bonds. The molecule has 2 aliphatic rings. The monoisotopic (exact) mass is 204 g/mol. The summed E-state index contributed by atoms with van der Waals surface area (Å²) < 4.78 is 20.9. The van der Waals surface area contributed by atoms with Crippen LogP contribution in [0, 0.1) is 0 Å². The Balaban J connectivity index is 1.64. The molecule has 14 heavy (non-hydrogen) atoms. The van der Waals surface area contributed by atoms with Crippen LogP contribution < -0.4 is 0 Å². The van der Waals surface area contributed by atoms with Crippen LogP contribution >= 0.6 is 0 Å². The van der Waals surface area contributed by atoms with Gasteiger partial charge in [0.05, 0.1) is 32.5 Å². The fraction of sp³-hybridized carbons (Fsp3) is 1.00. The Morgan fingerprint density at radius 2 is 1.21 bits per heavy atom. The average molecular weight is 204 g/mol. The van der Waals surface area contributed by atoms with E-state index >= 15 is 0 Å². The first-order valence-corrected chi connectivity index (χ1v) is 4.99. The van der Waals surface area contributed by atoms with Crippen LogP contribution in [0.15, 0.2) is 0 Å². The Bertz CT molecular complexity index is 145. The number of rotatable bonds is 4. The fourth-order valence-electron chi connectivity index (χ4n) is 1.63. The first-order valence-electron chi connectivity index (χ1n) is 4.99. The number of hydrogen-bond acceptors (Lipinski definition) is 5. The summed E-state index contributed by atoms with van der Waals surface area (Å²) in [6, 6.07) is 0. The highest BCUT2D eigenvalue weighted by atomic mass is 16.7. The van der Waals surface area contributed by atoms with Gasteiger partial charge in [0.15, 0.2) is 12.6 Å². The van der Waals surface area contributed by atoms with Crippen LogP contribution in [0.4, 0.5) is 0 Å². The molecule has 0 atom stereocenters. The van der Waals surface area contributed by atoms with Gasteiger partial charge < -0.3 is 24.1 Å². The zero-order chi connectivity index (χ0) is 9.80. The summed E-state index contributed by atoms with van der Waals surface area (Å²) >= 11 is 0. The van der Waals surface area contributed by atoms with Crippen molar-refractivity contribution in [2.24, 2.45) is 0 Å². The van der Waals surface area contributed by atoms with Gasteiger partial charge in [0.25, 0.3) is 0 Å². The minimum atomic E-state index is -0.485. The molecular weight excluding hydrogens is 188 g/mol. The minimum Gasteiger partial charge on any atom is -0.393 e. The minimum absolute atomic E-state index is 0.258. The van der Waals surface area contributed by atoms with E-state index in [4.69, 9.17) is 18.9 Å². The fourth-order valence-corrected chi connectivity index (χ4v) is 1.63. The molecule has 0 aromatic heterocycles. The summed E-state index contributed by atoms with van der Waals surface area (Å²) in [7, 11) is 0. The molecule has 0 aliphatic carbocycles. The van der Waals surface area contributed by atoms with Crippen LogP contribution in [-0.2, 0) is 18.9 Å². The molecule has 2 saturated heterocycles. The third kappa shape index (κ3) is 2.90. The van der Waals surface area contributed by atoms with Gasteiger partial charge in [0.2, 0.25) is 0 Å². The molecule has 2 fully saturated rings. The van der Waals surface area contributed by atoms with E-state index in [0.717, 1.165) is 0 Å². The molecule has 0 bridgehead atoms. The molecule has 1 N–H and O–H groups in total. The second kappa shape index (κ2) is 5.04. The zero-order valence-corrected chi connectivity index (χ0v) is 8.05. The highest BCUT2D eigenvalue weighted by molar-refractivity contribution is 4.65. The molecule has 82 valence electrons. The molecule has 2 heterocycles. The standard InChI is InChI=1S/C9H16O5/c10-7(5-8-11-1-2-12-8)6-9-13-3-4-14-9/h7-10H,1-6H2. The first-order chi connectivity index (χ1) is 6.84. The van der Waals surface area contributed by atoms with Gasteiger partial charge in [-0.2, -0.15) is 0 Å². The van der Waals surface area contributed by atoms with E-state index in [1.807, 2.05) is 0 Å². The number of aliphatic hydroxyl groups is 1. The van der Waals surface area contributed by atoms with Gasteiger partial charge >= 0.3 is 0 Å². The summed E-state index contributed by atoms with van der Waals surface area (Å²) in [6.45, 7) is 2.48. The molecule has 2 aliphatic heterocycles. The van der Waals surface area contributed by atoms with Crippen molar-refractivity contribution >= 4 is 0 Å². The van der Waals surface area contributed by atoms with Gasteiger partial charge in [-0.05, 0) is 0 Å². The van der Waals surface area contributed by atoms with Gasteiger partial charge in [0.1, 0.15) is 0 Å². The third-order valence-corrected chi connectivity index (χ3v) is 2.31. The highest BCUT2D eigenvalue weighted by Gasteiger charge is 2.24. The van der Waals surface area contributed by atoms with Crippen LogP contribution in [0.1, 0.15) is 12.8 Å². The summed E-state index contributed by atoms with van der Waals surface area (Å²) in [5.74, 6) is 0. The van der Waals surface area contributed by atoms with Crippen molar-refractivity contribution in [1.29, 1.82) is 0 Å². The van der Waals surface area contributed by atoms with Crippen molar-refractivity contribution in [1.82, 2.24) is 0 Å². The number of ether oxygens (including phenoxy) is 4. The van der Waals surface area contributed by atoms with Crippen molar-refractivity contribution in [2.45, 2.75) is 31.5 Å².